The molecule has 26 heavy (non-hydrogen) atoms. The summed E-state index contributed by atoms with van der Waals surface area (Å²) < 4.78 is 0. The van der Waals surface area contributed by atoms with Gasteiger partial charge in [0.05, 0.1) is 0 Å². The van der Waals surface area contributed by atoms with Crippen LogP contribution in [0.5, 0.6) is 0 Å². The average Bonchev–Trinajstić information content (AvgIpc) is 2.68. The molecule has 4 heteroatoms. The fourth-order valence-electron chi connectivity index (χ4n) is 2.78. The van der Waals surface area contributed by atoms with Gasteiger partial charge >= 0.3 is 0 Å². The largest absolute Gasteiger partial charge is 0.352 e. The molecule has 0 fully saturated rings. The van der Waals surface area contributed by atoms with Gasteiger partial charge in [0, 0.05) is 31.3 Å². The molecule has 2 rings (SSSR count). The first-order valence-electron chi connectivity index (χ1n) is 9.29. The van der Waals surface area contributed by atoms with Crippen LogP contribution in [0.1, 0.15) is 52.5 Å². The highest BCUT2D eigenvalue weighted by Gasteiger charge is 2.13. The Bertz CT molecular complexity index is 713. The van der Waals surface area contributed by atoms with E-state index in [0.717, 1.165) is 32.2 Å². The summed E-state index contributed by atoms with van der Waals surface area (Å²) in [5, 5.41) is 2.92. The molecule has 0 aliphatic rings. The van der Waals surface area contributed by atoms with Crippen molar-refractivity contribution in [2.24, 2.45) is 0 Å². The van der Waals surface area contributed by atoms with E-state index in [1.165, 1.54) is 5.56 Å². The summed E-state index contributed by atoms with van der Waals surface area (Å²) in [6.45, 7) is 3.44. The van der Waals surface area contributed by atoms with Crippen molar-refractivity contribution in [1.82, 2.24) is 10.2 Å². The van der Waals surface area contributed by atoms with Crippen molar-refractivity contribution in [2.45, 2.75) is 32.6 Å². The molecule has 0 heterocycles. The lowest BCUT2D eigenvalue weighted by molar-refractivity contribution is 0.0792. The Kier molecular flexibility index (Phi) is 7.87. The standard InChI is InChI=1S/C22H28N2O2/c1-3-4-8-16-24(2)22(26)20-13-9-12-19(17-20)21(25)23-15-14-18-10-6-5-7-11-18/h5-7,9-13,17H,3-4,8,14-16H2,1-2H3,(H,23,25). The zero-order valence-corrected chi connectivity index (χ0v) is 15.7. The molecule has 1 N–H and O–H groups in total. The Hall–Kier alpha value is -2.62. The van der Waals surface area contributed by atoms with Gasteiger partial charge in [-0.15, -0.1) is 0 Å². The third-order valence-corrected chi connectivity index (χ3v) is 4.36. The number of unbranched alkanes of at least 4 members (excludes halogenated alkanes) is 2. The summed E-state index contributed by atoms with van der Waals surface area (Å²) in [5.41, 5.74) is 2.26. The Morgan fingerprint density at radius 1 is 0.962 bits per heavy atom. The molecule has 0 atom stereocenters. The molecule has 0 unspecified atom stereocenters. The van der Waals surface area contributed by atoms with Gasteiger partial charge in [-0.25, -0.2) is 0 Å². The highest BCUT2D eigenvalue weighted by Crippen LogP contribution is 2.09. The number of rotatable bonds is 9. The molecular weight excluding hydrogens is 324 g/mol. The van der Waals surface area contributed by atoms with Gasteiger partial charge in [0.15, 0.2) is 0 Å². The number of amides is 2. The molecular formula is C22H28N2O2. The molecule has 4 nitrogen and oxygen atoms in total. The average molecular weight is 352 g/mol. The van der Waals surface area contributed by atoms with Gasteiger partial charge in [-0.2, -0.15) is 0 Å². The van der Waals surface area contributed by atoms with Gasteiger partial charge in [-0.3, -0.25) is 9.59 Å². The quantitative estimate of drug-likeness (QED) is 0.695. The lowest BCUT2D eigenvalue weighted by atomic mass is 10.1. The topological polar surface area (TPSA) is 49.4 Å². The van der Waals surface area contributed by atoms with E-state index in [9.17, 15) is 9.59 Å². The van der Waals surface area contributed by atoms with E-state index >= 15 is 0 Å². The summed E-state index contributed by atoms with van der Waals surface area (Å²) in [7, 11) is 1.81. The van der Waals surface area contributed by atoms with Crippen LogP contribution in [0.15, 0.2) is 54.6 Å². The molecule has 0 spiro atoms. The SMILES string of the molecule is CCCCCN(C)C(=O)c1cccc(C(=O)NCCc2ccccc2)c1. The van der Waals surface area contributed by atoms with Crippen molar-refractivity contribution >= 4 is 11.8 Å². The third kappa shape index (κ3) is 6.03. The maximum absolute atomic E-state index is 12.5. The van der Waals surface area contributed by atoms with Gasteiger partial charge in [-0.05, 0) is 36.6 Å². The smallest absolute Gasteiger partial charge is 0.253 e. The van der Waals surface area contributed by atoms with E-state index in [4.69, 9.17) is 0 Å². The van der Waals surface area contributed by atoms with Gasteiger partial charge in [0.2, 0.25) is 0 Å². The number of carbonyl (C=O) groups excluding carboxylic acids is 2. The predicted molar refractivity (Wildman–Crippen MR) is 105 cm³/mol. The second-order valence-corrected chi connectivity index (χ2v) is 6.51. The monoisotopic (exact) mass is 352 g/mol. The normalized spacial score (nSPS) is 10.4. The van der Waals surface area contributed by atoms with Crippen molar-refractivity contribution in [3.05, 3.63) is 71.3 Å². The van der Waals surface area contributed by atoms with Crippen molar-refractivity contribution in [3.63, 3.8) is 0 Å². The number of nitrogens with one attached hydrogen (secondary N) is 1. The lowest BCUT2D eigenvalue weighted by Crippen LogP contribution is -2.29. The molecule has 0 bridgehead atoms. The van der Waals surface area contributed by atoms with Gasteiger partial charge < -0.3 is 10.2 Å². The first-order chi connectivity index (χ1) is 12.6. The van der Waals surface area contributed by atoms with Crippen molar-refractivity contribution in [3.8, 4) is 0 Å². The number of hydrogen-bond donors (Lipinski definition) is 1. The number of nitrogens with zero attached hydrogens (tertiary/aromatic N) is 1. The highest BCUT2D eigenvalue weighted by molar-refractivity contribution is 5.99. The summed E-state index contributed by atoms with van der Waals surface area (Å²) in [4.78, 5) is 26.6. The number of carbonyl (C=O) groups is 2. The minimum Gasteiger partial charge on any atom is -0.352 e. The molecule has 2 aromatic rings. The second-order valence-electron chi connectivity index (χ2n) is 6.51. The molecule has 0 aliphatic carbocycles. The van der Waals surface area contributed by atoms with E-state index in [2.05, 4.69) is 12.2 Å². The summed E-state index contributed by atoms with van der Waals surface area (Å²) in [5.74, 6) is -0.191. The summed E-state index contributed by atoms with van der Waals surface area (Å²) in [6, 6.07) is 17.0. The highest BCUT2D eigenvalue weighted by atomic mass is 16.2. The van der Waals surface area contributed by atoms with Crippen LogP contribution in [-0.2, 0) is 6.42 Å². The van der Waals surface area contributed by atoms with Crippen molar-refractivity contribution < 1.29 is 9.59 Å². The van der Waals surface area contributed by atoms with Crippen LogP contribution in [0.2, 0.25) is 0 Å². The molecule has 0 saturated heterocycles. The molecule has 2 aromatic carbocycles. The first-order valence-corrected chi connectivity index (χ1v) is 9.29. The van der Waals surface area contributed by atoms with E-state index < -0.39 is 0 Å². The van der Waals surface area contributed by atoms with E-state index in [1.54, 1.807) is 29.2 Å². The Morgan fingerprint density at radius 2 is 1.69 bits per heavy atom. The van der Waals surface area contributed by atoms with Crippen LogP contribution in [-0.4, -0.2) is 36.9 Å². The van der Waals surface area contributed by atoms with Crippen LogP contribution in [0.3, 0.4) is 0 Å². The first kappa shape index (κ1) is 19.7. The minimum absolute atomic E-state index is 0.0416. The van der Waals surface area contributed by atoms with Crippen LogP contribution >= 0.6 is 0 Å². The zero-order valence-electron chi connectivity index (χ0n) is 15.7. The minimum atomic E-state index is -0.149. The van der Waals surface area contributed by atoms with E-state index in [-0.39, 0.29) is 11.8 Å². The molecule has 0 aliphatic heterocycles. The van der Waals surface area contributed by atoms with E-state index in [0.29, 0.717) is 17.7 Å². The van der Waals surface area contributed by atoms with Gasteiger partial charge in [0.25, 0.3) is 11.8 Å². The Labute approximate surface area is 156 Å². The predicted octanol–water partition coefficient (Wildman–Crippen LogP) is 3.92. The van der Waals surface area contributed by atoms with Crippen LogP contribution in [0.25, 0.3) is 0 Å². The fourth-order valence-corrected chi connectivity index (χ4v) is 2.78. The lowest BCUT2D eigenvalue weighted by Gasteiger charge is -2.17. The molecule has 0 aromatic heterocycles. The van der Waals surface area contributed by atoms with E-state index in [1.807, 2.05) is 37.4 Å². The van der Waals surface area contributed by atoms with Crippen LogP contribution in [0.4, 0.5) is 0 Å². The molecule has 0 saturated carbocycles. The van der Waals surface area contributed by atoms with Crippen molar-refractivity contribution in [1.29, 1.82) is 0 Å². The molecule has 138 valence electrons. The van der Waals surface area contributed by atoms with Gasteiger partial charge in [0.1, 0.15) is 0 Å². The second kappa shape index (κ2) is 10.4. The maximum atomic E-state index is 12.5. The summed E-state index contributed by atoms with van der Waals surface area (Å²) in [6.07, 6.45) is 4.02. The fraction of sp³-hybridized carbons (Fsp3) is 0.364. The number of benzene rings is 2. The molecule has 0 radical (unpaired) electrons. The maximum Gasteiger partial charge on any atom is 0.253 e. The number of hydrogen-bond acceptors (Lipinski definition) is 2. The Morgan fingerprint density at radius 3 is 2.42 bits per heavy atom. The Balaban J connectivity index is 1.90. The third-order valence-electron chi connectivity index (χ3n) is 4.36. The van der Waals surface area contributed by atoms with Crippen LogP contribution < -0.4 is 5.32 Å². The van der Waals surface area contributed by atoms with Crippen LogP contribution in [0, 0.1) is 0 Å². The van der Waals surface area contributed by atoms with Gasteiger partial charge in [-0.1, -0.05) is 56.2 Å². The zero-order chi connectivity index (χ0) is 18.8. The molecule has 2 amide bonds. The summed E-state index contributed by atoms with van der Waals surface area (Å²) >= 11 is 0. The van der Waals surface area contributed by atoms with Crippen molar-refractivity contribution in [2.75, 3.05) is 20.1 Å².